The molecule has 12 heavy (non-hydrogen) atoms. The lowest BCUT2D eigenvalue weighted by Crippen LogP contribution is -1.93. The van der Waals surface area contributed by atoms with Crippen LogP contribution in [0.25, 0.3) is 0 Å². The van der Waals surface area contributed by atoms with Crippen LogP contribution >= 0.6 is 9.24 Å². The van der Waals surface area contributed by atoms with Crippen molar-refractivity contribution in [1.29, 1.82) is 0 Å². The lowest BCUT2D eigenvalue weighted by Gasteiger charge is -2.05. The van der Waals surface area contributed by atoms with Crippen LogP contribution in [0.15, 0.2) is 18.3 Å². The topological polar surface area (TPSA) is 12.9 Å². The van der Waals surface area contributed by atoms with E-state index in [-0.39, 0.29) is 0 Å². The first-order chi connectivity index (χ1) is 5.61. The molecule has 0 N–H and O–H groups in total. The van der Waals surface area contributed by atoms with E-state index in [1.807, 2.05) is 6.07 Å². The second-order valence-corrected chi connectivity index (χ2v) is 3.66. The number of halogens is 1. The molecule has 1 rings (SSSR count). The van der Waals surface area contributed by atoms with E-state index < -0.39 is 5.91 Å². The molecule has 0 aliphatic rings. The van der Waals surface area contributed by atoms with Crippen molar-refractivity contribution < 1.29 is 4.39 Å². The van der Waals surface area contributed by atoms with Gasteiger partial charge >= 0.3 is 0 Å². The number of hydrogen-bond acceptors (Lipinski definition) is 1. The maximum absolute atomic E-state index is 12.7. The summed E-state index contributed by atoms with van der Waals surface area (Å²) in [4.78, 5) is 4.15. The highest BCUT2D eigenvalue weighted by Crippen LogP contribution is 2.24. The third-order valence-electron chi connectivity index (χ3n) is 1.72. The summed E-state index contributed by atoms with van der Waals surface area (Å²) in [5.74, 6) is -0.597. The van der Waals surface area contributed by atoms with E-state index in [0.717, 1.165) is 5.69 Å². The SMILES string of the molecule is CC(C)c1ccc(C(F)P)cn1. The Hall–Kier alpha value is -0.490. The molecule has 0 saturated carbocycles. The Kier molecular flexibility index (Phi) is 3.16. The largest absolute Gasteiger partial charge is 0.261 e. The fourth-order valence-corrected chi connectivity index (χ4v) is 1.12. The lowest BCUT2D eigenvalue weighted by atomic mass is 10.1. The number of rotatable bonds is 2. The van der Waals surface area contributed by atoms with E-state index in [1.54, 1.807) is 12.3 Å². The Labute approximate surface area is 74.6 Å². The first kappa shape index (κ1) is 9.60. The van der Waals surface area contributed by atoms with E-state index in [0.29, 0.717) is 11.5 Å². The zero-order valence-electron chi connectivity index (χ0n) is 7.29. The molecule has 2 atom stereocenters. The van der Waals surface area contributed by atoms with Crippen LogP contribution in [0.5, 0.6) is 0 Å². The zero-order chi connectivity index (χ0) is 9.14. The molecule has 0 saturated heterocycles. The summed E-state index contributed by atoms with van der Waals surface area (Å²) in [6, 6.07) is 3.65. The Morgan fingerprint density at radius 2 is 2.08 bits per heavy atom. The van der Waals surface area contributed by atoms with Gasteiger partial charge in [0.15, 0.2) is 0 Å². The fraction of sp³-hybridized carbons (Fsp3) is 0.444. The van der Waals surface area contributed by atoms with Crippen LogP contribution in [-0.4, -0.2) is 4.98 Å². The smallest absolute Gasteiger partial charge is 0.139 e. The Balaban J connectivity index is 2.86. The predicted octanol–water partition coefficient (Wildman–Crippen LogP) is 3.05. The van der Waals surface area contributed by atoms with Crippen molar-refractivity contribution in [2.75, 3.05) is 0 Å². The Morgan fingerprint density at radius 1 is 1.42 bits per heavy atom. The van der Waals surface area contributed by atoms with E-state index >= 15 is 0 Å². The van der Waals surface area contributed by atoms with Crippen LogP contribution in [0.3, 0.4) is 0 Å². The van der Waals surface area contributed by atoms with Crippen LogP contribution in [0, 0.1) is 0 Å². The first-order valence-electron chi connectivity index (χ1n) is 3.96. The van der Waals surface area contributed by atoms with Gasteiger partial charge in [-0.2, -0.15) is 0 Å². The van der Waals surface area contributed by atoms with Crippen molar-refractivity contribution in [1.82, 2.24) is 4.98 Å². The molecule has 0 radical (unpaired) electrons. The molecule has 0 amide bonds. The molecule has 0 aliphatic heterocycles. The van der Waals surface area contributed by atoms with E-state index in [9.17, 15) is 4.39 Å². The third-order valence-corrected chi connectivity index (χ3v) is 2.10. The summed E-state index contributed by atoms with van der Waals surface area (Å²) in [5.41, 5.74) is 1.62. The van der Waals surface area contributed by atoms with Gasteiger partial charge in [0.05, 0.1) is 0 Å². The normalized spacial score (nSPS) is 13.4. The van der Waals surface area contributed by atoms with E-state index in [2.05, 4.69) is 28.1 Å². The number of nitrogens with zero attached hydrogens (tertiary/aromatic N) is 1. The zero-order valence-corrected chi connectivity index (χ0v) is 8.44. The van der Waals surface area contributed by atoms with Gasteiger partial charge in [0.25, 0.3) is 0 Å². The molecular formula is C9H13FNP. The molecule has 1 heterocycles. The molecule has 1 aromatic rings. The van der Waals surface area contributed by atoms with Gasteiger partial charge in [-0.15, -0.1) is 0 Å². The lowest BCUT2D eigenvalue weighted by molar-refractivity contribution is 0.467. The standard InChI is InChI=1S/C9H13FNP/c1-6(2)8-4-3-7(5-11-8)9(10)12/h3-6,9H,12H2,1-2H3. The molecule has 2 unspecified atom stereocenters. The van der Waals surface area contributed by atoms with Gasteiger partial charge in [-0.25, -0.2) is 4.39 Å². The van der Waals surface area contributed by atoms with Gasteiger partial charge in [-0.3, -0.25) is 4.98 Å². The quantitative estimate of drug-likeness (QED) is 0.645. The second kappa shape index (κ2) is 3.95. The van der Waals surface area contributed by atoms with E-state index in [4.69, 9.17) is 0 Å². The van der Waals surface area contributed by atoms with Crippen LogP contribution in [0.1, 0.15) is 36.9 Å². The number of alkyl halides is 1. The summed E-state index contributed by atoms with van der Waals surface area (Å²) in [7, 11) is 2.11. The maximum atomic E-state index is 12.7. The highest BCUT2D eigenvalue weighted by atomic mass is 31.0. The minimum atomic E-state index is -1.00. The minimum Gasteiger partial charge on any atom is -0.261 e. The predicted molar refractivity (Wildman–Crippen MR) is 51.9 cm³/mol. The number of hydrogen-bond donors (Lipinski definition) is 0. The van der Waals surface area contributed by atoms with Crippen LogP contribution in [0.4, 0.5) is 4.39 Å². The fourth-order valence-electron chi connectivity index (χ4n) is 0.921. The number of aromatic nitrogens is 1. The van der Waals surface area contributed by atoms with Crippen LogP contribution < -0.4 is 0 Å². The van der Waals surface area contributed by atoms with Gasteiger partial charge in [-0.05, 0) is 12.0 Å². The van der Waals surface area contributed by atoms with E-state index in [1.165, 1.54) is 0 Å². The molecule has 1 aromatic heterocycles. The van der Waals surface area contributed by atoms with Crippen LogP contribution in [-0.2, 0) is 0 Å². The summed E-state index contributed by atoms with van der Waals surface area (Å²) in [5, 5.41) is 0. The van der Waals surface area contributed by atoms with Crippen LogP contribution in [0.2, 0.25) is 0 Å². The van der Waals surface area contributed by atoms with Gasteiger partial charge in [0.2, 0.25) is 0 Å². The van der Waals surface area contributed by atoms with Crippen molar-refractivity contribution in [2.45, 2.75) is 25.7 Å². The van der Waals surface area contributed by atoms with Gasteiger partial charge in [0.1, 0.15) is 5.91 Å². The third kappa shape index (κ3) is 2.25. The van der Waals surface area contributed by atoms with Crippen molar-refractivity contribution >= 4 is 9.24 Å². The van der Waals surface area contributed by atoms with Gasteiger partial charge < -0.3 is 0 Å². The minimum absolute atomic E-state index is 0.404. The summed E-state index contributed by atoms with van der Waals surface area (Å²) < 4.78 is 12.7. The molecule has 3 heteroatoms. The highest BCUT2D eigenvalue weighted by molar-refractivity contribution is 7.16. The number of pyridine rings is 1. The highest BCUT2D eigenvalue weighted by Gasteiger charge is 2.04. The molecule has 1 nitrogen and oxygen atoms in total. The van der Waals surface area contributed by atoms with Crippen molar-refractivity contribution in [3.05, 3.63) is 29.6 Å². The molecular weight excluding hydrogens is 172 g/mol. The summed E-state index contributed by atoms with van der Waals surface area (Å²) >= 11 is 0. The molecule has 0 aliphatic carbocycles. The van der Waals surface area contributed by atoms with Gasteiger partial charge in [-0.1, -0.05) is 29.2 Å². The Morgan fingerprint density at radius 3 is 2.42 bits per heavy atom. The maximum Gasteiger partial charge on any atom is 0.139 e. The average molecular weight is 185 g/mol. The molecule has 0 aromatic carbocycles. The second-order valence-electron chi connectivity index (χ2n) is 3.07. The Bertz CT molecular complexity index is 216. The average Bonchev–Trinajstić information content (AvgIpc) is 2.04. The molecule has 0 fully saturated rings. The monoisotopic (exact) mass is 185 g/mol. The molecule has 0 spiro atoms. The first-order valence-corrected chi connectivity index (χ1v) is 4.63. The van der Waals surface area contributed by atoms with Gasteiger partial charge in [0, 0.05) is 17.5 Å². The molecule has 0 bridgehead atoms. The molecule has 66 valence electrons. The van der Waals surface area contributed by atoms with Crippen molar-refractivity contribution in [3.8, 4) is 0 Å². The van der Waals surface area contributed by atoms with Crippen molar-refractivity contribution in [2.24, 2.45) is 0 Å². The summed E-state index contributed by atoms with van der Waals surface area (Å²) in [6.07, 6.45) is 1.59. The van der Waals surface area contributed by atoms with Crippen molar-refractivity contribution in [3.63, 3.8) is 0 Å². The summed E-state index contributed by atoms with van der Waals surface area (Å²) in [6.45, 7) is 4.13.